The molecule has 1 aromatic heterocycles. The Morgan fingerprint density at radius 3 is 2.96 bits per heavy atom. The summed E-state index contributed by atoms with van der Waals surface area (Å²) in [6, 6.07) is 0.571. The van der Waals surface area contributed by atoms with E-state index in [2.05, 4.69) is 37.3 Å². The van der Waals surface area contributed by atoms with Gasteiger partial charge in [-0.1, -0.05) is 26.2 Å². The van der Waals surface area contributed by atoms with Crippen LogP contribution in [0.25, 0.3) is 0 Å². The van der Waals surface area contributed by atoms with Crippen molar-refractivity contribution in [2.75, 3.05) is 13.6 Å². The van der Waals surface area contributed by atoms with Crippen LogP contribution < -0.4 is 10.6 Å². The van der Waals surface area contributed by atoms with Gasteiger partial charge in [0.2, 0.25) is 0 Å². The summed E-state index contributed by atoms with van der Waals surface area (Å²) < 4.78 is 2.35. The van der Waals surface area contributed by atoms with Gasteiger partial charge in [-0.3, -0.25) is 4.99 Å². The molecule has 2 heterocycles. The van der Waals surface area contributed by atoms with E-state index in [1.165, 1.54) is 50.8 Å². The zero-order valence-corrected chi connectivity index (χ0v) is 15.9. The molecule has 2 N–H and O–H groups in total. The summed E-state index contributed by atoms with van der Waals surface area (Å²) in [6.07, 6.45) is 12.2. The summed E-state index contributed by atoms with van der Waals surface area (Å²) in [7, 11) is 1.86. The van der Waals surface area contributed by atoms with Crippen molar-refractivity contribution in [3.8, 4) is 0 Å². The summed E-state index contributed by atoms with van der Waals surface area (Å²) in [5.41, 5.74) is 0. The fraction of sp³-hybridized carbons (Fsp3) is 0.842. The van der Waals surface area contributed by atoms with Crippen molar-refractivity contribution in [3.05, 3.63) is 11.6 Å². The van der Waals surface area contributed by atoms with Crippen molar-refractivity contribution in [2.24, 2.45) is 10.9 Å². The standard InChI is InChI=1S/C19H34N6/c1-15-8-6-9-16(14-15)22-19(20-2)21-12-7-11-18-24-23-17-10-4-3-5-13-25(17)18/h15-16H,3-14H2,1-2H3,(H2,20,21,22). The Morgan fingerprint density at radius 2 is 2.12 bits per heavy atom. The van der Waals surface area contributed by atoms with Gasteiger partial charge in [-0.2, -0.15) is 0 Å². The molecule has 25 heavy (non-hydrogen) atoms. The number of rotatable bonds is 5. The van der Waals surface area contributed by atoms with E-state index in [4.69, 9.17) is 0 Å². The number of aromatic nitrogens is 3. The van der Waals surface area contributed by atoms with E-state index in [9.17, 15) is 0 Å². The molecule has 0 amide bonds. The second kappa shape index (κ2) is 9.20. The first-order valence-corrected chi connectivity index (χ1v) is 10.1. The molecule has 1 fully saturated rings. The van der Waals surface area contributed by atoms with E-state index >= 15 is 0 Å². The number of aliphatic imine (C=N–C) groups is 1. The lowest BCUT2D eigenvalue weighted by Gasteiger charge is -2.28. The monoisotopic (exact) mass is 346 g/mol. The highest BCUT2D eigenvalue weighted by Gasteiger charge is 2.19. The number of guanidine groups is 1. The predicted octanol–water partition coefficient (Wildman–Crippen LogP) is 2.68. The van der Waals surface area contributed by atoms with Crippen molar-refractivity contribution in [2.45, 2.75) is 83.7 Å². The summed E-state index contributed by atoms with van der Waals surface area (Å²) in [5, 5.41) is 15.9. The number of aryl methyl sites for hydroxylation is 2. The highest BCUT2D eigenvalue weighted by molar-refractivity contribution is 5.79. The normalized spacial score (nSPS) is 24.5. The maximum Gasteiger partial charge on any atom is 0.191 e. The van der Waals surface area contributed by atoms with Crippen LogP contribution in [0.15, 0.2) is 4.99 Å². The third-order valence-electron chi connectivity index (χ3n) is 5.56. The van der Waals surface area contributed by atoms with E-state index in [-0.39, 0.29) is 0 Å². The van der Waals surface area contributed by atoms with Crippen LogP contribution in [0.5, 0.6) is 0 Å². The molecule has 0 bridgehead atoms. The van der Waals surface area contributed by atoms with Gasteiger partial charge in [-0.05, 0) is 38.0 Å². The molecule has 6 nitrogen and oxygen atoms in total. The SMILES string of the molecule is CN=C(NCCCc1nnc2n1CCCCC2)NC1CCCC(C)C1. The summed E-state index contributed by atoms with van der Waals surface area (Å²) >= 11 is 0. The molecule has 2 atom stereocenters. The van der Waals surface area contributed by atoms with Crippen molar-refractivity contribution >= 4 is 5.96 Å². The maximum atomic E-state index is 4.42. The second-order valence-corrected chi connectivity index (χ2v) is 7.71. The minimum atomic E-state index is 0.571. The van der Waals surface area contributed by atoms with Crippen LogP contribution in [-0.2, 0) is 19.4 Å². The molecule has 0 spiro atoms. The molecule has 2 aliphatic rings. The van der Waals surface area contributed by atoms with Crippen LogP contribution in [0.4, 0.5) is 0 Å². The van der Waals surface area contributed by atoms with Crippen molar-refractivity contribution < 1.29 is 0 Å². The molecule has 0 saturated heterocycles. The Kier molecular flexibility index (Phi) is 6.70. The summed E-state index contributed by atoms with van der Waals surface area (Å²) in [4.78, 5) is 4.39. The molecule has 1 saturated carbocycles. The van der Waals surface area contributed by atoms with Crippen molar-refractivity contribution in [1.29, 1.82) is 0 Å². The number of hydrogen-bond donors (Lipinski definition) is 2. The molecular formula is C19H34N6. The van der Waals surface area contributed by atoms with Gasteiger partial charge < -0.3 is 15.2 Å². The molecule has 1 aliphatic heterocycles. The topological polar surface area (TPSA) is 67.1 Å². The maximum absolute atomic E-state index is 4.42. The molecule has 0 radical (unpaired) electrons. The van der Waals surface area contributed by atoms with Crippen molar-refractivity contribution in [3.63, 3.8) is 0 Å². The minimum Gasteiger partial charge on any atom is -0.356 e. The number of fused-ring (bicyclic) bond motifs is 1. The lowest BCUT2D eigenvalue weighted by atomic mass is 9.87. The fourth-order valence-electron chi connectivity index (χ4n) is 4.14. The fourth-order valence-corrected chi connectivity index (χ4v) is 4.14. The summed E-state index contributed by atoms with van der Waals surface area (Å²) in [5.74, 6) is 4.11. The Morgan fingerprint density at radius 1 is 1.20 bits per heavy atom. The Balaban J connectivity index is 1.41. The third-order valence-corrected chi connectivity index (χ3v) is 5.56. The number of nitrogens with zero attached hydrogens (tertiary/aromatic N) is 4. The molecule has 2 unspecified atom stereocenters. The minimum absolute atomic E-state index is 0.571. The second-order valence-electron chi connectivity index (χ2n) is 7.71. The zero-order chi connectivity index (χ0) is 17.5. The van der Waals surface area contributed by atoms with Crippen LogP contribution in [0.2, 0.25) is 0 Å². The van der Waals surface area contributed by atoms with Gasteiger partial charge in [0, 0.05) is 39.0 Å². The van der Waals surface area contributed by atoms with E-state index in [1.54, 1.807) is 0 Å². The first-order chi connectivity index (χ1) is 12.3. The van der Waals surface area contributed by atoms with E-state index in [0.717, 1.165) is 50.1 Å². The Labute approximate surface area is 151 Å². The van der Waals surface area contributed by atoms with E-state index in [0.29, 0.717) is 6.04 Å². The van der Waals surface area contributed by atoms with E-state index < -0.39 is 0 Å². The average Bonchev–Trinajstić information content (AvgIpc) is 2.84. The van der Waals surface area contributed by atoms with Crippen LogP contribution in [0, 0.1) is 5.92 Å². The highest BCUT2D eigenvalue weighted by atomic mass is 15.3. The number of nitrogens with one attached hydrogen (secondary N) is 2. The van der Waals surface area contributed by atoms with Gasteiger partial charge >= 0.3 is 0 Å². The number of hydrogen-bond acceptors (Lipinski definition) is 3. The average molecular weight is 347 g/mol. The quantitative estimate of drug-likeness (QED) is 0.489. The molecule has 140 valence electrons. The Bertz CT molecular complexity index is 564. The molecule has 1 aliphatic carbocycles. The highest BCUT2D eigenvalue weighted by Crippen LogP contribution is 2.23. The lowest BCUT2D eigenvalue weighted by molar-refractivity contribution is 0.324. The van der Waals surface area contributed by atoms with Gasteiger partial charge in [0.05, 0.1) is 0 Å². The molecule has 6 heteroatoms. The molecule has 1 aromatic rings. The van der Waals surface area contributed by atoms with Crippen LogP contribution in [-0.4, -0.2) is 40.4 Å². The van der Waals surface area contributed by atoms with Gasteiger partial charge in [0.15, 0.2) is 5.96 Å². The summed E-state index contributed by atoms with van der Waals surface area (Å²) in [6.45, 7) is 4.36. The first kappa shape index (κ1) is 18.2. The molecule has 3 rings (SSSR count). The van der Waals surface area contributed by atoms with Crippen LogP contribution in [0.3, 0.4) is 0 Å². The van der Waals surface area contributed by atoms with Crippen LogP contribution in [0.1, 0.15) is 69.9 Å². The smallest absolute Gasteiger partial charge is 0.191 e. The third kappa shape index (κ3) is 5.19. The van der Waals surface area contributed by atoms with Gasteiger partial charge in [-0.25, -0.2) is 0 Å². The Hall–Kier alpha value is -1.59. The van der Waals surface area contributed by atoms with Gasteiger partial charge in [0.25, 0.3) is 0 Å². The van der Waals surface area contributed by atoms with Gasteiger partial charge in [0.1, 0.15) is 11.6 Å². The lowest BCUT2D eigenvalue weighted by Crippen LogP contribution is -2.45. The van der Waals surface area contributed by atoms with Crippen molar-refractivity contribution in [1.82, 2.24) is 25.4 Å². The van der Waals surface area contributed by atoms with E-state index in [1.807, 2.05) is 7.05 Å². The van der Waals surface area contributed by atoms with Gasteiger partial charge in [-0.15, -0.1) is 10.2 Å². The first-order valence-electron chi connectivity index (χ1n) is 10.1. The predicted molar refractivity (Wildman–Crippen MR) is 102 cm³/mol. The largest absolute Gasteiger partial charge is 0.356 e. The molecule has 0 aromatic carbocycles. The zero-order valence-electron chi connectivity index (χ0n) is 15.9. The molecular weight excluding hydrogens is 312 g/mol. The van der Waals surface area contributed by atoms with Crippen LogP contribution >= 0.6 is 0 Å².